The Hall–Kier alpha value is -2.07. The lowest BCUT2D eigenvalue weighted by molar-refractivity contribution is 0.102. The highest BCUT2D eigenvalue weighted by atomic mass is 16.3. The van der Waals surface area contributed by atoms with Crippen LogP contribution in [0.4, 0.5) is 0 Å². The molecule has 1 aliphatic heterocycles. The number of aliphatic hydroxyl groups is 1. The second kappa shape index (κ2) is 5.61. The Labute approximate surface area is 130 Å². The van der Waals surface area contributed by atoms with E-state index in [2.05, 4.69) is 40.2 Å². The van der Waals surface area contributed by atoms with Crippen LogP contribution < -0.4 is 5.32 Å². The highest BCUT2D eigenvalue weighted by molar-refractivity contribution is 5.76. The van der Waals surface area contributed by atoms with Gasteiger partial charge < -0.3 is 14.8 Å². The standard InChI is InChI=1S/C18H21N3O/c22-16-10-2-1-7-13(16)18-20-17(14-8-3-5-11-19-14)15-9-4-6-12-21(15)18/h3-6,8-9,12-13,16,19,22H,1-2,7,10-11H2. The normalized spacial score (nSPS) is 25.0. The first kappa shape index (κ1) is 13.6. The Kier molecular flexibility index (Phi) is 3.47. The van der Waals surface area contributed by atoms with Crippen molar-refractivity contribution in [1.82, 2.24) is 14.7 Å². The molecule has 1 saturated carbocycles. The van der Waals surface area contributed by atoms with Crippen molar-refractivity contribution in [2.24, 2.45) is 0 Å². The molecular formula is C18H21N3O. The van der Waals surface area contributed by atoms with Gasteiger partial charge in [0.2, 0.25) is 0 Å². The van der Waals surface area contributed by atoms with Crippen molar-refractivity contribution in [2.45, 2.75) is 37.7 Å². The lowest BCUT2D eigenvalue weighted by atomic mass is 9.86. The summed E-state index contributed by atoms with van der Waals surface area (Å²) in [5.41, 5.74) is 3.14. The quantitative estimate of drug-likeness (QED) is 0.895. The van der Waals surface area contributed by atoms with Crippen molar-refractivity contribution in [3.8, 4) is 0 Å². The number of allylic oxidation sites excluding steroid dienone is 2. The summed E-state index contributed by atoms with van der Waals surface area (Å²) in [4.78, 5) is 4.93. The third kappa shape index (κ3) is 2.24. The number of aliphatic hydroxyl groups excluding tert-OH is 1. The molecule has 0 saturated heterocycles. The Morgan fingerprint density at radius 3 is 2.95 bits per heavy atom. The summed E-state index contributed by atoms with van der Waals surface area (Å²) in [5, 5.41) is 13.8. The molecule has 22 heavy (non-hydrogen) atoms. The molecule has 1 aliphatic carbocycles. The number of nitrogens with zero attached hydrogens (tertiary/aromatic N) is 2. The van der Waals surface area contributed by atoms with Crippen LogP contribution in [0.3, 0.4) is 0 Å². The maximum absolute atomic E-state index is 10.4. The van der Waals surface area contributed by atoms with Crippen molar-refractivity contribution in [3.63, 3.8) is 0 Å². The Morgan fingerprint density at radius 2 is 2.14 bits per heavy atom. The van der Waals surface area contributed by atoms with Crippen molar-refractivity contribution in [3.05, 3.63) is 54.1 Å². The fourth-order valence-electron chi connectivity index (χ4n) is 3.56. The first-order valence-electron chi connectivity index (χ1n) is 8.11. The molecule has 0 bridgehead atoms. The summed E-state index contributed by atoms with van der Waals surface area (Å²) >= 11 is 0. The molecule has 2 aromatic rings. The first-order chi connectivity index (χ1) is 10.8. The van der Waals surface area contributed by atoms with E-state index >= 15 is 0 Å². The molecular weight excluding hydrogens is 274 g/mol. The van der Waals surface area contributed by atoms with Gasteiger partial charge in [-0.25, -0.2) is 4.98 Å². The Bertz CT molecular complexity index is 744. The van der Waals surface area contributed by atoms with Crippen LogP contribution >= 0.6 is 0 Å². The third-order valence-corrected chi connectivity index (χ3v) is 4.70. The van der Waals surface area contributed by atoms with Gasteiger partial charge in [-0.3, -0.25) is 0 Å². The van der Waals surface area contributed by atoms with Gasteiger partial charge >= 0.3 is 0 Å². The van der Waals surface area contributed by atoms with Gasteiger partial charge in [-0.15, -0.1) is 0 Å². The average molecular weight is 295 g/mol. The lowest BCUT2D eigenvalue weighted by Crippen LogP contribution is -2.24. The number of hydrogen-bond donors (Lipinski definition) is 2. The highest BCUT2D eigenvalue weighted by Gasteiger charge is 2.29. The molecule has 3 heterocycles. The maximum Gasteiger partial charge on any atom is 0.119 e. The van der Waals surface area contributed by atoms with Crippen molar-refractivity contribution in [1.29, 1.82) is 0 Å². The van der Waals surface area contributed by atoms with E-state index in [1.807, 2.05) is 12.1 Å². The van der Waals surface area contributed by atoms with Crippen molar-refractivity contribution in [2.75, 3.05) is 6.54 Å². The molecule has 4 heteroatoms. The van der Waals surface area contributed by atoms with Gasteiger partial charge in [0, 0.05) is 18.7 Å². The Morgan fingerprint density at radius 1 is 1.23 bits per heavy atom. The van der Waals surface area contributed by atoms with Crippen molar-refractivity contribution >= 4 is 11.2 Å². The number of fused-ring (bicyclic) bond motifs is 1. The molecule has 1 fully saturated rings. The Balaban J connectivity index is 1.85. The van der Waals surface area contributed by atoms with Gasteiger partial charge in [0.25, 0.3) is 0 Å². The molecule has 114 valence electrons. The van der Waals surface area contributed by atoms with Crippen LogP contribution in [-0.4, -0.2) is 27.1 Å². The number of dihydropyridines is 1. The van der Waals surface area contributed by atoms with Crippen LogP contribution in [0, 0.1) is 0 Å². The van der Waals surface area contributed by atoms with E-state index in [9.17, 15) is 5.11 Å². The number of pyridine rings is 1. The fraction of sp³-hybridized carbons (Fsp3) is 0.389. The molecule has 2 aliphatic rings. The highest BCUT2D eigenvalue weighted by Crippen LogP contribution is 2.34. The topological polar surface area (TPSA) is 49.6 Å². The summed E-state index contributed by atoms with van der Waals surface area (Å²) in [5.74, 6) is 1.13. The van der Waals surface area contributed by atoms with Crippen LogP contribution in [0.2, 0.25) is 0 Å². The minimum Gasteiger partial charge on any atom is -0.392 e. The smallest absolute Gasteiger partial charge is 0.119 e. The molecule has 2 unspecified atom stereocenters. The second-order valence-corrected chi connectivity index (χ2v) is 6.12. The predicted molar refractivity (Wildman–Crippen MR) is 87.5 cm³/mol. The van der Waals surface area contributed by atoms with Gasteiger partial charge in [0.15, 0.2) is 0 Å². The number of hydrogen-bond acceptors (Lipinski definition) is 3. The summed E-state index contributed by atoms with van der Waals surface area (Å²) in [6, 6.07) is 6.17. The molecule has 2 aromatic heterocycles. The number of nitrogens with one attached hydrogen (secondary N) is 1. The molecule has 2 N–H and O–H groups in total. The van der Waals surface area contributed by atoms with Crippen molar-refractivity contribution < 1.29 is 5.11 Å². The van der Waals surface area contributed by atoms with Gasteiger partial charge in [0.05, 0.1) is 17.3 Å². The van der Waals surface area contributed by atoms with Gasteiger partial charge in [-0.05, 0) is 31.1 Å². The number of rotatable bonds is 2. The minimum atomic E-state index is -0.277. The zero-order valence-corrected chi connectivity index (χ0v) is 12.6. The zero-order chi connectivity index (χ0) is 14.9. The molecule has 0 amide bonds. The van der Waals surface area contributed by atoms with E-state index in [4.69, 9.17) is 4.98 Å². The molecule has 4 rings (SSSR count). The number of imidazole rings is 1. The third-order valence-electron chi connectivity index (χ3n) is 4.70. The fourth-order valence-corrected chi connectivity index (χ4v) is 3.56. The van der Waals surface area contributed by atoms with E-state index in [-0.39, 0.29) is 12.0 Å². The van der Waals surface area contributed by atoms with Crippen LogP contribution in [0.25, 0.3) is 11.2 Å². The van der Waals surface area contributed by atoms with E-state index in [1.165, 1.54) is 6.42 Å². The van der Waals surface area contributed by atoms with Crippen LogP contribution in [0.15, 0.2) is 42.6 Å². The maximum atomic E-state index is 10.4. The summed E-state index contributed by atoms with van der Waals surface area (Å²) < 4.78 is 2.15. The van der Waals surface area contributed by atoms with E-state index in [0.717, 1.165) is 48.5 Å². The van der Waals surface area contributed by atoms with E-state index in [0.29, 0.717) is 0 Å². The van der Waals surface area contributed by atoms with E-state index in [1.54, 1.807) is 0 Å². The molecule has 0 aromatic carbocycles. The predicted octanol–water partition coefficient (Wildman–Crippen LogP) is 2.85. The zero-order valence-electron chi connectivity index (χ0n) is 12.6. The summed E-state index contributed by atoms with van der Waals surface area (Å²) in [7, 11) is 0. The van der Waals surface area contributed by atoms with E-state index < -0.39 is 0 Å². The molecule has 4 nitrogen and oxygen atoms in total. The number of aromatic nitrogens is 2. The SMILES string of the molecule is OC1CCCCC1c1nc(C2=CC=CCN2)c2ccccn12. The van der Waals surface area contributed by atoms with Gasteiger partial charge in [0.1, 0.15) is 11.5 Å². The summed E-state index contributed by atoms with van der Waals surface area (Å²) in [6.45, 7) is 0.832. The van der Waals surface area contributed by atoms with Crippen LogP contribution in [0.5, 0.6) is 0 Å². The minimum absolute atomic E-state index is 0.136. The van der Waals surface area contributed by atoms with Crippen LogP contribution in [-0.2, 0) is 0 Å². The van der Waals surface area contributed by atoms with Gasteiger partial charge in [-0.1, -0.05) is 31.1 Å². The van der Waals surface area contributed by atoms with Gasteiger partial charge in [-0.2, -0.15) is 0 Å². The largest absolute Gasteiger partial charge is 0.392 e. The molecule has 2 atom stereocenters. The monoisotopic (exact) mass is 295 g/mol. The molecule has 0 radical (unpaired) electrons. The molecule has 0 spiro atoms. The summed E-state index contributed by atoms with van der Waals surface area (Å²) in [6.07, 6.45) is 12.2. The lowest BCUT2D eigenvalue weighted by Gasteiger charge is -2.26. The first-order valence-corrected chi connectivity index (χ1v) is 8.11. The second-order valence-electron chi connectivity index (χ2n) is 6.12. The van der Waals surface area contributed by atoms with Crippen LogP contribution in [0.1, 0.15) is 43.1 Å². The average Bonchev–Trinajstić information content (AvgIpc) is 2.96.